The van der Waals surface area contributed by atoms with Gasteiger partial charge in [0.05, 0.1) is 6.04 Å². The minimum Gasteiger partial charge on any atom is -0.330 e. The molecule has 1 aromatic rings. The lowest BCUT2D eigenvalue weighted by Crippen LogP contribution is -2.12. The van der Waals surface area contributed by atoms with Crippen LogP contribution >= 0.6 is 0 Å². The van der Waals surface area contributed by atoms with Gasteiger partial charge in [-0.15, -0.1) is 0 Å². The third-order valence-corrected chi connectivity index (χ3v) is 2.01. The van der Waals surface area contributed by atoms with Gasteiger partial charge in [0, 0.05) is 0 Å². The summed E-state index contributed by atoms with van der Waals surface area (Å²) >= 11 is 0. The van der Waals surface area contributed by atoms with Crippen molar-refractivity contribution in [3.05, 3.63) is 35.4 Å². The van der Waals surface area contributed by atoms with Gasteiger partial charge in [0.1, 0.15) is 6.67 Å². The molecular weight excluding hydrogens is 167 g/mol. The highest BCUT2D eigenvalue weighted by Gasteiger charge is 2.03. The molecule has 0 amide bonds. The van der Waals surface area contributed by atoms with Gasteiger partial charge in [0.25, 0.3) is 0 Å². The van der Waals surface area contributed by atoms with E-state index in [2.05, 4.69) is 0 Å². The van der Waals surface area contributed by atoms with E-state index in [0.717, 1.165) is 17.5 Å². The average Bonchev–Trinajstić information content (AvgIpc) is 2.18. The fraction of sp³-hybridized carbons (Fsp3) is 0.400. The molecule has 0 aliphatic heterocycles. The molecule has 0 heterocycles. The molecule has 0 aliphatic carbocycles. The summed E-state index contributed by atoms with van der Waals surface area (Å²) in [6.45, 7) is 0.116. The molecule has 0 bridgehead atoms. The lowest BCUT2D eigenvalue weighted by atomic mass is 10.1. The van der Waals surface area contributed by atoms with Crippen molar-refractivity contribution < 1.29 is 4.39 Å². The molecule has 72 valence electrons. The highest BCUT2D eigenvalue weighted by atomic mass is 19.1. The molecule has 1 atom stereocenters. The highest BCUT2D eigenvalue weighted by Crippen LogP contribution is 2.12. The molecular formula is C10H15FN2. The van der Waals surface area contributed by atoms with E-state index >= 15 is 0 Å². The van der Waals surface area contributed by atoms with Crippen LogP contribution in [-0.2, 0) is 6.42 Å². The van der Waals surface area contributed by atoms with Crippen LogP contribution in [0.4, 0.5) is 4.39 Å². The molecule has 0 saturated heterocycles. The van der Waals surface area contributed by atoms with Crippen LogP contribution in [0, 0.1) is 0 Å². The second-order valence-electron chi connectivity index (χ2n) is 3.04. The summed E-state index contributed by atoms with van der Waals surface area (Å²) in [5, 5.41) is 0. The fourth-order valence-electron chi connectivity index (χ4n) is 1.19. The van der Waals surface area contributed by atoms with E-state index in [0.29, 0.717) is 6.54 Å². The second-order valence-corrected chi connectivity index (χ2v) is 3.04. The van der Waals surface area contributed by atoms with Crippen molar-refractivity contribution in [3.63, 3.8) is 0 Å². The van der Waals surface area contributed by atoms with Crippen LogP contribution in [0.1, 0.15) is 17.2 Å². The summed E-state index contributed by atoms with van der Waals surface area (Å²) in [4.78, 5) is 0. The smallest absolute Gasteiger partial charge is 0.109 e. The minimum absolute atomic E-state index is 0.494. The van der Waals surface area contributed by atoms with Crippen LogP contribution in [0.2, 0.25) is 0 Å². The minimum atomic E-state index is -0.518. The van der Waals surface area contributed by atoms with Gasteiger partial charge in [-0.1, -0.05) is 24.3 Å². The molecule has 3 heteroatoms. The Balaban J connectivity index is 2.69. The SMILES string of the molecule is NCCc1ccc(C(N)CF)cc1. The molecule has 0 radical (unpaired) electrons. The number of hydrogen-bond acceptors (Lipinski definition) is 2. The summed E-state index contributed by atoms with van der Waals surface area (Å²) < 4.78 is 12.2. The fourth-order valence-corrected chi connectivity index (χ4v) is 1.19. The third kappa shape index (κ3) is 2.79. The predicted octanol–water partition coefficient (Wildman–Crippen LogP) is 1.16. The van der Waals surface area contributed by atoms with E-state index in [4.69, 9.17) is 11.5 Å². The standard InChI is InChI=1S/C10H15FN2/c11-7-10(13)9-3-1-8(2-4-9)5-6-12/h1-4,10H,5-7,12-13H2. The first-order chi connectivity index (χ1) is 6.27. The van der Waals surface area contributed by atoms with Crippen LogP contribution in [0.5, 0.6) is 0 Å². The van der Waals surface area contributed by atoms with Crippen molar-refractivity contribution in [2.45, 2.75) is 12.5 Å². The van der Waals surface area contributed by atoms with Crippen LogP contribution < -0.4 is 11.5 Å². The summed E-state index contributed by atoms with van der Waals surface area (Å²) in [5.41, 5.74) is 12.9. The van der Waals surface area contributed by atoms with Crippen LogP contribution in [-0.4, -0.2) is 13.2 Å². The van der Waals surface area contributed by atoms with Crippen molar-refractivity contribution in [2.24, 2.45) is 11.5 Å². The zero-order valence-corrected chi connectivity index (χ0v) is 7.54. The Bertz CT molecular complexity index is 246. The maximum absolute atomic E-state index is 12.2. The Morgan fingerprint density at radius 3 is 2.31 bits per heavy atom. The summed E-state index contributed by atoms with van der Waals surface area (Å²) in [6.07, 6.45) is 0.852. The zero-order valence-electron chi connectivity index (χ0n) is 7.54. The largest absolute Gasteiger partial charge is 0.330 e. The van der Waals surface area contributed by atoms with Crippen molar-refractivity contribution in [3.8, 4) is 0 Å². The Morgan fingerprint density at radius 2 is 1.85 bits per heavy atom. The van der Waals surface area contributed by atoms with Crippen LogP contribution in [0.3, 0.4) is 0 Å². The number of halogens is 1. The molecule has 1 unspecified atom stereocenters. The predicted molar refractivity (Wildman–Crippen MR) is 52.1 cm³/mol. The first-order valence-electron chi connectivity index (χ1n) is 4.38. The first kappa shape index (κ1) is 10.2. The average molecular weight is 182 g/mol. The number of rotatable bonds is 4. The van der Waals surface area contributed by atoms with E-state index in [1.807, 2.05) is 24.3 Å². The monoisotopic (exact) mass is 182 g/mol. The van der Waals surface area contributed by atoms with Gasteiger partial charge >= 0.3 is 0 Å². The topological polar surface area (TPSA) is 52.0 Å². The molecule has 2 nitrogen and oxygen atoms in total. The van der Waals surface area contributed by atoms with Gasteiger partial charge in [-0.05, 0) is 24.1 Å². The summed E-state index contributed by atoms with van der Waals surface area (Å²) in [5.74, 6) is 0. The van der Waals surface area contributed by atoms with E-state index in [1.165, 1.54) is 0 Å². The van der Waals surface area contributed by atoms with Crippen molar-refractivity contribution >= 4 is 0 Å². The lowest BCUT2D eigenvalue weighted by molar-refractivity contribution is 0.437. The zero-order chi connectivity index (χ0) is 9.68. The quantitative estimate of drug-likeness (QED) is 0.734. The van der Waals surface area contributed by atoms with Gasteiger partial charge in [-0.3, -0.25) is 0 Å². The van der Waals surface area contributed by atoms with Crippen LogP contribution in [0.25, 0.3) is 0 Å². The van der Waals surface area contributed by atoms with Gasteiger partial charge < -0.3 is 11.5 Å². The maximum Gasteiger partial charge on any atom is 0.109 e. The maximum atomic E-state index is 12.2. The Hall–Kier alpha value is -0.930. The summed E-state index contributed by atoms with van der Waals surface area (Å²) in [6, 6.07) is 7.10. The Kier molecular flexibility index (Phi) is 3.86. The lowest BCUT2D eigenvalue weighted by Gasteiger charge is -2.07. The third-order valence-electron chi connectivity index (χ3n) is 2.01. The van der Waals surface area contributed by atoms with E-state index < -0.39 is 12.7 Å². The van der Waals surface area contributed by atoms with Gasteiger partial charge in [-0.25, -0.2) is 4.39 Å². The number of alkyl halides is 1. The van der Waals surface area contributed by atoms with Crippen molar-refractivity contribution in [1.29, 1.82) is 0 Å². The van der Waals surface area contributed by atoms with Crippen LogP contribution in [0.15, 0.2) is 24.3 Å². The van der Waals surface area contributed by atoms with E-state index in [1.54, 1.807) is 0 Å². The molecule has 0 spiro atoms. The van der Waals surface area contributed by atoms with Gasteiger partial charge in [0.2, 0.25) is 0 Å². The number of nitrogens with two attached hydrogens (primary N) is 2. The van der Waals surface area contributed by atoms with Gasteiger partial charge in [-0.2, -0.15) is 0 Å². The normalized spacial score (nSPS) is 12.8. The molecule has 4 N–H and O–H groups in total. The molecule has 0 fully saturated rings. The number of benzene rings is 1. The molecule has 13 heavy (non-hydrogen) atoms. The summed E-state index contributed by atoms with van der Waals surface area (Å²) in [7, 11) is 0. The Labute approximate surface area is 77.7 Å². The molecule has 0 saturated carbocycles. The highest BCUT2D eigenvalue weighted by molar-refractivity contribution is 5.25. The van der Waals surface area contributed by atoms with Crippen molar-refractivity contribution in [2.75, 3.05) is 13.2 Å². The van der Waals surface area contributed by atoms with Crippen molar-refractivity contribution in [1.82, 2.24) is 0 Å². The molecule has 1 rings (SSSR count). The molecule has 0 aromatic heterocycles. The van der Waals surface area contributed by atoms with Gasteiger partial charge in [0.15, 0.2) is 0 Å². The molecule has 1 aromatic carbocycles. The first-order valence-corrected chi connectivity index (χ1v) is 4.38. The van der Waals surface area contributed by atoms with E-state index in [9.17, 15) is 4.39 Å². The Morgan fingerprint density at radius 1 is 1.23 bits per heavy atom. The second kappa shape index (κ2) is 4.94. The molecule has 0 aliphatic rings. The number of hydrogen-bond donors (Lipinski definition) is 2. The van der Waals surface area contributed by atoms with E-state index in [-0.39, 0.29) is 0 Å².